The van der Waals surface area contributed by atoms with Gasteiger partial charge in [-0.15, -0.1) is 0 Å². The van der Waals surface area contributed by atoms with E-state index in [9.17, 15) is 9.59 Å². The molecule has 3 N–H and O–H groups in total. The average molecular weight is 350 g/mol. The van der Waals surface area contributed by atoms with Gasteiger partial charge >= 0.3 is 0 Å². The quantitative estimate of drug-likeness (QED) is 0.722. The Morgan fingerprint density at radius 3 is 1.64 bits per heavy atom. The highest BCUT2D eigenvalue weighted by Gasteiger charge is 2.28. The van der Waals surface area contributed by atoms with Gasteiger partial charge in [-0.2, -0.15) is 0 Å². The first-order valence-corrected chi connectivity index (χ1v) is 8.59. The van der Waals surface area contributed by atoms with Crippen LogP contribution in [0.4, 0.5) is 0 Å². The number of carbonyl (C=O) groups excluding carboxylic acids is 2. The molecule has 0 amide bonds. The molecule has 25 heavy (non-hydrogen) atoms. The van der Waals surface area contributed by atoms with Crippen LogP contribution in [0.5, 0.6) is 0 Å². The Kier molecular flexibility index (Phi) is 7.93. The topological polar surface area (TPSA) is 94.8 Å². The Labute approximate surface area is 149 Å². The molecule has 0 bridgehead atoms. The van der Waals surface area contributed by atoms with E-state index in [2.05, 4.69) is 32.9 Å². The first-order chi connectivity index (χ1) is 11.7. The summed E-state index contributed by atoms with van der Waals surface area (Å²) >= 11 is 0. The molecule has 2 rings (SSSR count). The van der Waals surface area contributed by atoms with Crippen LogP contribution in [0.3, 0.4) is 0 Å². The van der Waals surface area contributed by atoms with E-state index in [-0.39, 0.29) is 43.7 Å². The van der Waals surface area contributed by atoms with E-state index in [1.54, 1.807) is 6.92 Å². The van der Waals surface area contributed by atoms with E-state index in [4.69, 9.17) is 15.3 Å². The van der Waals surface area contributed by atoms with E-state index in [1.807, 2.05) is 0 Å². The highest BCUT2D eigenvalue weighted by molar-refractivity contribution is 6.02. The van der Waals surface area contributed by atoms with Gasteiger partial charge in [0.15, 0.2) is 0 Å². The molecular weight excluding hydrogens is 320 g/mol. The van der Waals surface area contributed by atoms with Crippen LogP contribution in [-0.2, 0) is 9.59 Å². The molecule has 0 atom stereocenters. The average Bonchev–Trinajstić information content (AvgIpc) is 2.53. The van der Waals surface area contributed by atoms with Crippen LogP contribution >= 0.6 is 0 Å². The minimum Gasteiger partial charge on any atom is -0.396 e. The zero-order valence-corrected chi connectivity index (χ0v) is 15.6. The molecule has 1 aliphatic rings. The van der Waals surface area contributed by atoms with E-state index >= 15 is 0 Å². The largest absolute Gasteiger partial charge is 0.396 e. The fourth-order valence-corrected chi connectivity index (χ4v) is 3.18. The number of Topliss-reactive ketones (excluding diaryl/α,β-unsaturated/α-hetero) is 2. The molecule has 0 aliphatic heterocycles. The van der Waals surface area contributed by atoms with Gasteiger partial charge in [-0.05, 0) is 43.4 Å². The van der Waals surface area contributed by atoms with Crippen molar-refractivity contribution in [2.24, 2.45) is 5.41 Å². The fourth-order valence-electron chi connectivity index (χ4n) is 3.18. The van der Waals surface area contributed by atoms with Crippen LogP contribution in [0.25, 0.3) is 0 Å². The fraction of sp³-hybridized carbons (Fsp3) is 0.600. The summed E-state index contributed by atoms with van der Waals surface area (Å²) in [6, 6.07) is 4.26. The van der Waals surface area contributed by atoms with Crippen molar-refractivity contribution in [1.82, 2.24) is 0 Å². The minimum atomic E-state index is -0.708. The van der Waals surface area contributed by atoms with Crippen molar-refractivity contribution < 1.29 is 24.9 Å². The third-order valence-corrected chi connectivity index (χ3v) is 4.63. The first kappa shape index (κ1) is 21.5. The van der Waals surface area contributed by atoms with Gasteiger partial charge in [0, 0.05) is 18.3 Å². The molecule has 1 fully saturated rings. The number of aliphatic hydroxyl groups excluding tert-OH is 3. The monoisotopic (exact) mass is 350 g/mol. The lowest BCUT2D eigenvalue weighted by Gasteiger charge is -2.24. The summed E-state index contributed by atoms with van der Waals surface area (Å²) in [5.74, 6) is 0.278. The summed E-state index contributed by atoms with van der Waals surface area (Å²) in [4.78, 5) is 23.1. The second-order valence-corrected chi connectivity index (χ2v) is 7.46. The van der Waals surface area contributed by atoms with Crippen LogP contribution in [0.2, 0.25) is 0 Å². The molecule has 0 aromatic heterocycles. The third kappa shape index (κ3) is 6.03. The molecule has 1 aromatic rings. The predicted molar refractivity (Wildman–Crippen MR) is 96.6 cm³/mol. The minimum absolute atomic E-state index is 0.0885. The maximum atomic E-state index is 11.5. The number of rotatable bonds is 4. The van der Waals surface area contributed by atoms with Gasteiger partial charge in [0.1, 0.15) is 11.6 Å². The van der Waals surface area contributed by atoms with Crippen molar-refractivity contribution in [2.45, 2.75) is 52.9 Å². The lowest BCUT2D eigenvalue weighted by atomic mass is 9.79. The van der Waals surface area contributed by atoms with E-state index in [0.29, 0.717) is 12.8 Å². The maximum Gasteiger partial charge on any atom is 0.140 e. The number of ketones is 2. The molecule has 0 heterocycles. The van der Waals surface area contributed by atoms with Crippen molar-refractivity contribution in [2.75, 3.05) is 19.8 Å². The second kappa shape index (κ2) is 9.22. The Morgan fingerprint density at radius 2 is 1.32 bits per heavy atom. The molecule has 0 saturated heterocycles. The molecule has 1 aliphatic carbocycles. The molecule has 1 saturated carbocycles. The van der Waals surface area contributed by atoms with Crippen LogP contribution in [-0.4, -0.2) is 46.7 Å². The van der Waals surface area contributed by atoms with Crippen molar-refractivity contribution in [1.29, 1.82) is 0 Å². The summed E-state index contributed by atoms with van der Waals surface area (Å²) in [5, 5.41) is 25.4. The highest BCUT2D eigenvalue weighted by atomic mass is 16.3. The molecule has 140 valence electrons. The number of hydrogen-bond donors (Lipinski definition) is 3. The maximum absolute atomic E-state index is 11.5. The van der Waals surface area contributed by atoms with Crippen molar-refractivity contribution >= 4 is 11.6 Å². The van der Waals surface area contributed by atoms with Gasteiger partial charge in [0.2, 0.25) is 0 Å². The zero-order valence-electron chi connectivity index (χ0n) is 15.6. The summed E-state index contributed by atoms with van der Waals surface area (Å²) in [6.07, 6.45) is 1.19. The van der Waals surface area contributed by atoms with Gasteiger partial charge in [-0.3, -0.25) is 9.59 Å². The molecule has 5 nitrogen and oxygen atoms in total. The summed E-state index contributed by atoms with van der Waals surface area (Å²) in [7, 11) is 0. The van der Waals surface area contributed by atoms with Gasteiger partial charge in [-0.25, -0.2) is 0 Å². The third-order valence-electron chi connectivity index (χ3n) is 4.63. The summed E-state index contributed by atoms with van der Waals surface area (Å²) in [6.45, 7) is 7.27. The Hall–Kier alpha value is -1.56. The SMILES string of the molecule is CC(CO)(CO)CO.Cc1cc(C)c(C2CC(=O)CC(=O)C2)c(C)c1. The lowest BCUT2D eigenvalue weighted by molar-refractivity contribution is -0.130. The molecule has 0 spiro atoms. The second-order valence-electron chi connectivity index (χ2n) is 7.46. The molecular formula is C20H30O5. The molecule has 0 radical (unpaired) electrons. The predicted octanol–water partition coefficient (Wildman–Crippen LogP) is 1.99. The van der Waals surface area contributed by atoms with Crippen LogP contribution in [0.1, 0.15) is 54.4 Å². The van der Waals surface area contributed by atoms with Crippen LogP contribution in [0, 0.1) is 26.2 Å². The normalized spacial score (nSPS) is 15.8. The van der Waals surface area contributed by atoms with Gasteiger partial charge < -0.3 is 15.3 Å². The van der Waals surface area contributed by atoms with Crippen LogP contribution in [0.15, 0.2) is 12.1 Å². The van der Waals surface area contributed by atoms with E-state index < -0.39 is 5.41 Å². The van der Waals surface area contributed by atoms with Crippen molar-refractivity contribution in [3.8, 4) is 0 Å². The lowest BCUT2D eigenvalue weighted by Crippen LogP contribution is -2.29. The molecule has 0 unspecified atom stereocenters. The van der Waals surface area contributed by atoms with Gasteiger partial charge in [-0.1, -0.05) is 24.6 Å². The Balaban J connectivity index is 0.000000333. The standard InChI is InChI=1S/C15H18O2.C5H12O3/c1-9-4-10(2)15(11(3)5-9)12-6-13(16)8-14(17)7-12;1-5(2-6,3-7)4-8/h4-5,12H,6-8H2,1-3H3;6-8H,2-4H2,1H3. The van der Waals surface area contributed by atoms with E-state index in [1.165, 1.54) is 22.3 Å². The molecule has 5 heteroatoms. The van der Waals surface area contributed by atoms with Crippen molar-refractivity contribution in [3.63, 3.8) is 0 Å². The molecule has 1 aromatic carbocycles. The van der Waals surface area contributed by atoms with E-state index in [0.717, 1.165) is 0 Å². The number of carbonyl (C=O) groups is 2. The zero-order chi connectivity index (χ0) is 19.2. The highest BCUT2D eigenvalue weighted by Crippen LogP contribution is 2.34. The van der Waals surface area contributed by atoms with Gasteiger partial charge in [0.05, 0.1) is 26.2 Å². The van der Waals surface area contributed by atoms with Gasteiger partial charge in [0.25, 0.3) is 0 Å². The summed E-state index contributed by atoms with van der Waals surface area (Å²) < 4.78 is 0. The number of benzene rings is 1. The van der Waals surface area contributed by atoms with Crippen molar-refractivity contribution in [3.05, 3.63) is 34.4 Å². The Morgan fingerprint density at radius 1 is 0.920 bits per heavy atom. The first-order valence-electron chi connectivity index (χ1n) is 8.59. The Bertz CT molecular complexity index is 569. The number of aliphatic hydroxyl groups is 3. The number of hydrogen-bond acceptors (Lipinski definition) is 5. The van der Waals surface area contributed by atoms with Crippen LogP contribution < -0.4 is 0 Å². The summed E-state index contributed by atoms with van der Waals surface area (Å²) in [5.41, 5.74) is 4.14. The smallest absolute Gasteiger partial charge is 0.140 e. The number of aryl methyl sites for hydroxylation is 3.